The number of amides is 1. The van der Waals surface area contributed by atoms with Crippen LogP contribution in [0.2, 0.25) is 0 Å². The van der Waals surface area contributed by atoms with E-state index in [1.54, 1.807) is 5.01 Å². The number of hydrazine groups is 1. The van der Waals surface area contributed by atoms with E-state index in [4.69, 9.17) is 0 Å². The molecule has 0 bridgehead atoms. The molecule has 1 fully saturated rings. The molecule has 2 rings (SSSR count). The van der Waals surface area contributed by atoms with Gasteiger partial charge in [0.15, 0.2) is 0 Å². The van der Waals surface area contributed by atoms with Gasteiger partial charge in [-0.1, -0.05) is 12.1 Å². The molecule has 1 unspecified atom stereocenters. The Labute approximate surface area is 91.2 Å². The number of benzene rings is 1. The number of carbonyl (C=O) groups excluding carboxylic acids is 1. The predicted molar refractivity (Wildman–Crippen MR) is 58.8 cm³/mol. The molecule has 0 aromatic heterocycles. The summed E-state index contributed by atoms with van der Waals surface area (Å²) < 4.78 is 0.926. The molecule has 1 aromatic rings. The second-order valence-corrected chi connectivity index (χ2v) is 4.27. The molecule has 0 spiro atoms. The standard InChI is InChI=1S/C10H11BrN2O/c1-7-6-10(14)13(12-7)9-5-3-2-4-8(9)11/h2-5,7,12H,6H2,1H3. The average molecular weight is 255 g/mol. The molecule has 0 saturated carbocycles. The highest BCUT2D eigenvalue weighted by Crippen LogP contribution is 2.27. The van der Waals surface area contributed by atoms with Crippen LogP contribution >= 0.6 is 15.9 Å². The smallest absolute Gasteiger partial charge is 0.243 e. The molecule has 3 nitrogen and oxygen atoms in total. The highest BCUT2D eigenvalue weighted by atomic mass is 79.9. The quantitative estimate of drug-likeness (QED) is 0.833. The zero-order valence-corrected chi connectivity index (χ0v) is 9.41. The Bertz CT molecular complexity index is 367. The highest BCUT2D eigenvalue weighted by Gasteiger charge is 2.27. The van der Waals surface area contributed by atoms with Crippen LogP contribution in [-0.2, 0) is 4.79 Å². The van der Waals surface area contributed by atoms with Gasteiger partial charge in [-0.25, -0.2) is 10.4 Å². The van der Waals surface area contributed by atoms with Gasteiger partial charge in [0.05, 0.1) is 5.69 Å². The van der Waals surface area contributed by atoms with E-state index in [-0.39, 0.29) is 11.9 Å². The fourth-order valence-corrected chi connectivity index (χ4v) is 1.99. The van der Waals surface area contributed by atoms with Crippen LogP contribution in [0.3, 0.4) is 0 Å². The molecule has 1 aromatic carbocycles. The van der Waals surface area contributed by atoms with E-state index in [9.17, 15) is 4.79 Å². The van der Waals surface area contributed by atoms with Crippen LogP contribution in [0.25, 0.3) is 0 Å². The first-order valence-electron chi connectivity index (χ1n) is 4.52. The number of para-hydroxylation sites is 1. The van der Waals surface area contributed by atoms with Crippen molar-refractivity contribution in [3.8, 4) is 0 Å². The first-order chi connectivity index (χ1) is 6.68. The minimum Gasteiger partial charge on any atom is -0.273 e. The summed E-state index contributed by atoms with van der Waals surface area (Å²) >= 11 is 3.42. The Morgan fingerprint density at radius 3 is 2.79 bits per heavy atom. The third-order valence-corrected chi connectivity index (χ3v) is 2.84. The van der Waals surface area contributed by atoms with Crippen molar-refractivity contribution in [1.82, 2.24) is 5.43 Å². The minimum absolute atomic E-state index is 0.115. The fraction of sp³-hybridized carbons (Fsp3) is 0.300. The summed E-state index contributed by atoms with van der Waals surface area (Å²) in [4.78, 5) is 11.6. The van der Waals surface area contributed by atoms with E-state index in [1.165, 1.54) is 0 Å². The fourth-order valence-electron chi connectivity index (χ4n) is 1.53. The van der Waals surface area contributed by atoms with Gasteiger partial charge < -0.3 is 0 Å². The Hall–Kier alpha value is -0.870. The van der Waals surface area contributed by atoms with Crippen LogP contribution < -0.4 is 10.4 Å². The number of halogens is 1. The van der Waals surface area contributed by atoms with Gasteiger partial charge in [-0.15, -0.1) is 0 Å². The molecule has 1 amide bonds. The Balaban J connectivity index is 2.32. The number of hydrogen-bond acceptors (Lipinski definition) is 2. The van der Waals surface area contributed by atoms with Crippen molar-refractivity contribution in [3.63, 3.8) is 0 Å². The number of nitrogens with zero attached hydrogens (tertiary/aromatic N) is 1. The molecule has 1 N–H and O–H groups in total. The molecular weight excluding hydrogens is 244 g/mol. The summed E-state index contributed by atoms with van der Waals surface area (Å²) in [5.41, 5.74) is 3.99. The van der Waals surface area contributed by atoms with E-state index in [0.717, 1.165) is 10.2 Å². The van der Waals surface area contributed by atoms with Crippen molar-refractivity contribution in [2.24, 2.45) is 0 Å². The van der Waals surface area contributed by atoms with E-state index in [2.05, 4.69) is 21.4 Å². The lowest BCUT2D eigenvalue weighted by atomic mass is 10.2. The number of carbonyl (C=O) groups is 1. The summed E-state index contributed by atoms with van der Waals surface area (Å²) in [7, 11) is 0. The second kappa shape index (κ2) is 3.71. The van der Waals surface area contributed by atoms with Gasteiger partial charge in [0.1, 0.15) is 0 Å². The Morgan fingerprint density at radius 1 is 1.50 bits per heavy atom. The van der Waals surface area contributed by atoms with E-state index in [1.807, 2.05) is 31.2 Å². The third-order valence-electron chi connectivity index (χ3n) is 2.17. The topological polar surface area (TPSA) is 32.3 Å². The molecular formula is C10H11BrN2O. The van der Waals surface area contributed by atoms with Gasteiger partial charge in [-0.2, -0.15) is 0 Å². The molecule has 1 heterocycles. The number of nitrogens with one attached hydrogen (secondary N) is 1. The van der Waals surface area contributed by atoms with E-state index >= 15 is 0 Å². The van der Waals surface area contributed by atoms with Gasteiger partial charge in [0.25, 0.3) is 0 Å². The van der Waals surface area contributed by atoms with Crippen molar-refractivity contribution in [1.29, 1.82) is 0 Å². The average Bonchev–Trinajstić information content (AvgIpc) is 2.46. The molecule has 0 aliphatic carbocycles. The Kier molecular flexibility index (Phi) is 2.56. The monoisotopic (exact) mass is 254 g/mol. The van der Waals surface area contributed by atoms with Crippen molar-refractivity contribution >= 4 is 27.5 Å². The van der Waals surface area contributed by atoms with Gasteiger partial charge in [0.2, 0.25) is 5.91 Å². The largest absolute Gasteiger partial charge is 0.273 e. The number of rotatable bonds is 1. The summed E-state index contributed by atoms with van der Waals surface area (Å²) in [6, 6.07) is 7.89. The zero-order valence-electron chi connectivity index (χ0n) is 7.83. The third kappa shape index (κ3) is 1.67. The summed E-state index contributed by atoms with van der Waals surface area (Å²) in [6.07, 6.45) is 0.557. The molecule has 1 atom stereocenters. The maximum Gasteiger partial charge on any atom is 0.243 e. The molecule has 14 heavy (non-hydrogen) atoms. The first kappa shape index (κ1) is 9.68. The lowest BCUT2D eigenvalue weighted by molar-refractivity contribution is -0.117. The molecule has 4 heteroatoms. The molecule has 1 saturated heterocycles. The Morgan fingerprint density at radius 2 is 2.21 bits per heavy atom. The van der Waals surface area contributed by atoms with Crippen LogP contribution in [0.1, 0.15) is 13.3 Å². The van der Waals surface area contributed by atoms with Gasteiger partial charge in [-0.05, 0) is 35.0 Å². The number of anilines is 1. The normalized spacial score (nSPS) is 21.7. The van der Waals surface area contributed by atoms with Crippen LogP contribution in [0.5, 0.6) is 0 Å². The zero-order chi connectivity index (χ0) is 10.1. The van der Waals surface area contributed by atoms with Crippen LogP contribution in [0, 0.1) is 0 Å². The van der Waals surface area contributed by atoms with E-state index in [0.29, 0.717) is 6.42 Å². The number of hydrogen-bond donors (Lipinski definition) is 1. The van der Waals surface area contributed by atoms with Gasteiger partial charge in [0, 0.05) is 16.9 Å². The summed E-state index contributed by atoms with van der Waals surface area (Å²) in [5.74, 6) is 0.115. The van der Waals surface area contributed by atoms with Crippen molar-refractivity contribution in [2.45, 2.75) is 19.4 Å². The first-order valence-corrected chi connectivity index (χ1v) is 5.31. The van der Waals surface area contributed by atoms with Gasteiger partial charge >= 0.3 is 0 Å². The van der Waals surface area contributed by atoms with Crippen LogP contribution in [0.4, 0.5) is 5.69 Å². The maximum absolute atomic E-state index is 11.6. The molecule has 74 valence electrons. The van der Waals surface area contributed by atoms with Crippen molar-refractivity contribution in [2.75, 3.05) is 5.01 Å². The lowest BCUT2D eigenvalue weighted by Gasteiger charge is -2.18. The second-order valence-electron chi connectivity index (χ2n) is 3.41. The minimum atomic E-state index is 0.115. The maximum atomic E-state index is 11.6. The van der Waals surface area contributed by atoms with Crippen LogP contribution in [-0.4, -0.2) is 11.9 Å². The summed E-state index contributed by atoms with van der Waals surface area (Å²) in [6.45, 7) is 1.99. The van der Waals surface area contributed by atoms with E-state index < -0.39 is 0 Å². The van der Waals surface area contributed by atoms with Crippen molar-refractivity contribution < 1.29 is 4.79 Å². The predicted octanol–water partition coefficient (Wildman–Crippen LogP) is 2.08. The van der Waals surface area contributed by atoms with Gasteiger partial charge in [-0.3, -0.25) is 4.79 Å². The molecule has 1 aliphatic heterocycles. The lowest BCUT2D eigenvalue weighted by Crippen LogP contribution is -2.36. The molecule has 0 radical (unpaired) electrons. The highest BCUT2D eigenvalue weighted by molar-refractivity contribution is 9.10. The SMILES string of the molecule is CC1CC(=O)N(c2ccccc2Br)N1. The van der Waals surface area contributed by atoms with Crippen LogP contribution in [0.15, 0.2) is 28.7 Å². The molecule has 1 aliphatic rings. The summed E-state index contributed by atoms with van der Waals surface area (Å²) in [5, 5.41) is 1.61. The van der Waals surface area contributed by atoms with Crippen molar-refractivity contribution in [3.05, 3.63) is 28.7 Å².